The van der Waals surface area contributed by atoms with Crippen molar-refractivity contribution in [2.24, 2.45) is 0 Å². The average molecular weight is 422 g/mol. The maximum Gasteiger partial charge on any atom is 0.242 e. The second-order valence-corrected chi connectivity index (χ2v) is 7.47. The van der Waals surface area contributed by atoms with Crippen LogP contribution in [0.25, 0.3) is 10.9 Å². The summed E-state index contributed by atoms with van der Waals surface area (Å²) in [5.74, 6) is 2.62. The molecule has 0 bridgehead atoms. The van der Waals surface area contributed by atoms with Crippen molar-refractivity contribution >= 4 is 28.4 Å². The number of carbonyl (C=O) groups is 1. The number of benzene rings is 1. The van der Waals surface area contributed by atoms with Gasteiger partial charge in [0.25, 0.3) is 0 Å². The van der Waals surface area contributed by atoms with Gasteiger partial charge in [-0.1, -0.05) is 6.07 Å². The largest absolute Gasteiger partial charge is 0.496 e. The standard InChI is InChI=1S/C22H26N6O3/c1-5-27-8-9-28(11-18(27)29)17-10-15-19(21(23)25-12-24-15)22(26-17)31-20-13(2)6-7-16(30-4)14(20)3/h6-7,10,12H,5,8-9,11H2,1-4H3,(H2,23,24,25). The van der Waals surface area contributed by atoms with E-state index in [1.165, 1.54) is 6.33 Å². The normalized spacial score (nSPS) is 14.3. The van der Waals surface area contributed by atoms with Gasteiger partial charge in [-0.15, -0.1) is 0 Å². The van der Waals surface area contributed by atoms with Gasteiger partial charge in [0.1, 0.15) is 34.8 Å². The van der Waals surface area contributed by atoms with E-state index in [0.717, 1.165) is 11.1 Å². The van der Waals surface area contributed by atoms with E-state index in [2.05, 4.69) is 9.97 Å². The molecule has 9 nitrogen and oxygen atoms in total. The summed E-state index contributed by atoms with van der Waals surface area (Å²) in [7, 11) is 1.62. The van der Waals surface area contributed by atoms with Crippen LogP contribution in [0.2, 0.25) is 0 Å². The summed E-state index contributed by atoms with van der Waals surface area (Å²) in [6.45, 7) is 8.13. The molecule has 2 aromatic heterocycles. The van der Waals surface area contributed by atoms with E-state index in [4.69, 9.17) is 20.2 Å². The molecule has 9 heteroatoms. The summed E-state index contributed by atoms with van der Waals surface area (Å²) >= 11 is 0. The fourth-order valence-electron chi connectivity index (χ4n) is 3.81. The molecule has 1 aliphatic rings. The third-order valence-corrected chi connectivity index (χ3v) is 5.60. The molecule has 162 valence electrons. The number of ether oxygens (including phenoxy) is 2. The van der Waals surface area contributed by atoms with Gasteiger partial charge in [-0.05, 0) is 32.4 Å². The highest BCUT2D eigenvalue weighted by Gasteiger charge is 2.25. The summed E-state index contributed by atoms with van der Waals surface area (Å²) < 4.78 is 11.7. The van der Waals surface area contributed by atoms with Crippen LogP contribution in [-0.2, 0) is 4.79 Å². The predicted molar refractivity (Wildman–Crippen MR) is 119 cm³/mol. The first-order valence-electron chi connectivity index (χ1n) is 10.2. The van der Waals surface area contributed by atoms with Gasteiger partial charge < -0.3 is 25.0 Å². The number of hydrogen-bond donors (Lipinski definition) is 1. The van der Waals surface area contributed by atoms with Crippen molar-refractivity contribution in [2.45, 2.75) is 20.8 Å². The Labute approximate surface area is 180 Å². The predicted octanol–water partition coefficient (Wildman–Crippen LogP) is 2.69. The molecule has 31 heavy (non-hydrogen) atoms. The summed E-state index contributed by atoms with van der Waals surface area (Å²) in [5.41, 5.74) is 8.55. The molecule has 1 saturated heterocycles. The molecule has 3 heterocycles. The molecule has 0 saturated carbocycles. The SMILES string of the molecule is CCN1CCN(c2cc3ncnc(N)c3c(Oc3c(C)ccc(OC)c3C)n2)CC1=O. The van der Waals surface area contributed by atoms with Crippen LogP contribution in [0.4, 0.5) is 11.6 Å². The average Bonchev–Trinajstić information content (AvgIpc) is 2.76. The molecular weight excluding hydrogens is 396 g/mol. The minimum absolute atomic E-state index is 0.0693. The van der Waals surface area contributed by atoms with Gasteiger partial charge in [0.2, 0.25) is 11.8 Å². The Hall–Kier alpha value is -3.62. The van der Waals surface area contributed by atoms with Crippen LogP contribution in [0.3, 0.4) is 0 Å². The smallest absolute Gasteiger partial charge is 0.242 e. The van der Waals surface area contributed by atoms with Gasteiger partial charge in [-0.25, -0.2) is 9.97 Å². The van der Waals surface area contributed by atoms with E-state index in [1.807, 2.05) is 48.8 Å². The van der Waals surface area contributed by atoms with E-state index in [9.17, 15) is 4.79 Å². The maximum atomic E-state index is 12.4. The Morgan fingerprint density at radius 1 is 1.19 bits per heavy atom. The van der Waals surface area contributed by atoms with Crippen molar-refractivity contribution in [1.82, 2.24) is 19.9 Å². The molecule has 0 radical (unpaired) electrons. The van der Waals surface area contributed by atoms with Crippen molar-refractivity contribution in [1.29, 1.82) is 0 Å². The van der Waals surface area contributed by atoms with Crippen LogP contribution in [0.5, 0.6) is 17.4 Å². The summed E-state index contributed by atoms with van der Waals surface area (Å²) in [6, 6.07) is 5.64. The highest BCUT2D eigenvalue weighted by molar-refractivity contribution is 5.94. The van der Waals surface area contributed by atoms with E-state index in [-0.39, 0.29) is 18.3 Å². The molecule has 4 rings (SSSR count). The zero-order chi connectivity index (χ0) is 22.1. The molecule has 1 fully saturated rings. The van der Waals surface area contributed by atoms with Crippen LogP contribution < -0.4 is 20.1 Å². The van der Waals surface area contributed by atoms with E-state index in [1.54, 1.807) is 7.11 Å². The van der Waals surface area contributed by atoms with Crippen molar-refractivity contribution in [3.63, 3.8) is 0 Å². The van der Waals surface area contributed by atoms with E-state index >= 15 is 0 Å². The van der Waals surface area contributed by atoms with Crippen LogP contribution in [0.15, 0.2) is 24.5 Å². The number of amides is 1. The lowest BCUT2D eigenvalue weighted by Gasteiger charge is -2.34. The van der Waals surface area contributed by atoms with Crippen LogP contribution in [-0.4, -0.2) is 59.0 Å². The third kappa shape index (κ3) is 3.78. The van der Waals surface area contributed by atoms with Gasteiger partial charge in [-0.3, -0.25) is 4.79 Å². The lowest BCUT2D eigenvalue weighted by molar-refractivity contribution is -0.130. The molecule has 0 atom stereocenters. The topological polar surface area (TPSA) is 107 Å². The van der Waals surface area contributed by atoms with Gasteiger partial charge >= 0.3 is 0 Å². The summed E-state index contributed by atoms with van der Waals surface area (Å²) in [5, 5.41) is 0.534. The number of piperazine rings is 1. The number of nitrogens with zero attached hydrogens (tertiary/aromatic N) is 5. The van der Waals surface area contributed by atoms with Crippen molar-refractivity contribution < 1.29 is 14.3 Å². The van der Waals surface area contributed by atoms with Crippen LogP contribution in [0.1, 0.15) is 18.1 Å². The summed E-state index contributed by atoms with van der Waals surface area (Å²) in [4.78, 5) is 29.4. The lowest BCUT2D eigenvalue weighted by Crippen LogP contribution is -2.50. The first kappa shape index (κ1) is 20.6. The number of likely N-dealkylation sites (N-methyl/N-ethyl adjacent to an activating group) is 1. The molecule has 3 aromatic rings. The quantitative estimate of drug-likeness (QED) is 0.669. The molecule has 0 aliphatic carbocycles. The maximum absolute atomic E-state index is 12.4. The van der Waals surface area contributed by atoms with Crippen molar-refractivity contribution in [3.05, 3.63) is 35.7 Å². The van der Waals surface area contributed by atoms with Crippen molar-refractivity contribution in [3.8, 4) is 17.4 Å². The molecule has 1 amide bonds. The Morgan fingerprint density at radius 2 is 2.00 bits per heavy atom. The number of anilines is 2. The van der Waals surface area contributed by atoms with E-state index in [0.29, 0.717) is 53.7 Å². The third-order valence-electron chi connectivity index (χ3n) is 5.60. The Morgan fingerprint density at radius 3 is 2.71 bits per heavy atom. The molecule has 0 unspecified atom stereocenters. The number of carbonyl (C=O) groups excluding carboxylic acids is 1. The number of rotatable bonds is 5. The number of nitrogens with two attached hydrogens (primary N) is 1. The molecule has 1 aromatic carbocycles. The highest BCUT2D eigenvalue weighted by Crippen LogP contribution is 2.38. The Balaban J connectivity index is 1.81. The molecule has 1 aliphatic heterocycles. The monoisotopic (exact) mass is 422 g/mol. The molecule has 0 spiro atoms. The van der Waals surface area contributed by atoms with Crippen molar-refractivity contribution in [2.75, 3.05) is 43.9 Å². The first-order chi connectivity index (χ1) is 14.9. The number of methoxy groups -OCH3 is 1. The number of nitrogen functional groups attached to an aromatic ring is 1. The van der Waals surface area contributed by atoms with Gasteiger partial charge in [0.15, 0.2) is 0 Å². The number of fused-ring (bicyclic) bond motifs is 1. The van der Waals surface area contributed by atoms with Gasteiger partial charge in [-0.2, -0.15) is 4.98 Å². The van der Waals surface area contributed by atoms with Crippen LogP contribution >= 0.6 is 0 Å². The zero-order valence-corrected chi connectivity index (χ0v) is 18.2. The Bertz CT molecular complexity index is 1150. The minimum Gasteiger partial charge on any atom is -0.496 e. The lowest BCUT2D eigenvalue weighted by atomic mass is 10.1. The zero-order valence-electron chi connectivity index (χ0n) is 18.2. The number of pyridine rings is 1. The second kappa shape index (κ2) is 8.25. The first-order valence-corrected chi connectivity index (χ1v) is 10.2. The number of aryl methyl sites for hydroxylation is 1. The molecular formula is C22H26N6O3. The number of aromatic nitrogens is 3. The highest BCUT2D eigenvalue weighted by atomic mass is 16.5. The Kier molecular flexibility index (Phi) is 5.50. The van der Waals surface area contributed by atoms with Crippen LogP contribution in [0, 0.1) is 13.8 Å². The fourth-order valence-corrected chi connectivity index (χ4v) is 3.81. The summed E-state index contributed by atoms with van der Waals surface area (Å²) in [6.07, 6.45) is 1.41. The van der Waals surface area contributed by atoms with Gasteiger partial charge in [0.05, 0.1) is 19.2 Å². The van der Waals surface area contributed by atoms with E-state index < -0.39 is 0 Å². The molecule has 2 N–H and O–H groups in total. The second-order valence-electron chi connectivity index (χ2n) is 7.47. The fraction of sp³-hybridized carbons (Fsp3) is 0.364. The van der Waals surface area contributed by atoms with Gasteiger partial charge in [0, 0.05) is 31.3 Å². The minimum atomic E-state index is 0.0693. The number of hydrogen-bond acceptors (Lipinski definition) is 8.